The van der Waals surface area contributed by atoms with E-state index in [1.165, 1.54) is 7.11 Å². The van der Waals surface area contributed by atoms with E-state index in [1.807, 2.05) is 39.1 Å². The molecule has 100 valence electrons. The van der Waals surface area contributed by atoms with Gasteiger partial charge in [-0.15, -0.1) is 0 Å². The molecular formula is C14H22N2O2. The second-order valence-corrected chi connectivity index (χ2v) is 4.60. The predicted molar refractivity (Wildman–Crippen MR) is 71.2 cm³/mol. The molecule has 1 rings (SSSR count). The molecule has 0 fully saturated rings. The number of ether oxygens (including phenoxy) is 1. The molecular weight excluding hydrogens is 228 g/mol. The Hall–Kier alpha value is -1.42. The molecule has 0 N–H and O–H groups in total. The maximum absolute atomic E-state index is 11.5. The van der Waals surface area contributed by atoms with Gasteiger partial charge in [-0.25, -0.2) is 0 Å². The van der Waals surface area contributed by atoms with Gasteiger partial charge in [0.2, 0.25) is 0 Å². The first-order valence-corrected chi connectivity index (χ1v) is 6.24. The van der Waals surface area contributed by atoms with Crippen molar-refractivity contribution in [3.05, 3.63) is 30.1 Å². The van der Waals surface area contributed by atoms with Crippen LogP contribution in [0.15, 0.2) is 24.4 Å². The Balaban J connectivity index is 2.45. The van der Waals surface area contributed by atoms with Crippen molar-refractivity contribution in [3.8, 4) is 0 Å². The van der Waals surface area contributed by atoms with E-state index < -0.39 is 0 Å². The van der Waals surface area contributed by atoms with Gasteiger partial charge in [-0.1, -0.05) is 13.0 Å². The van der Waals surface area contributed by atoms with Gasteiger partial charge in [-0.05, 0) is 26.1 Å². The van der Waals surface area contributed by atoms with Gasteiger partial charge in [-0.2, -0.15) is 0 Å². The zero-order chi connectivity index (χ0) is 13.5. The van der Waals surface area contributed by atoms with E-state index in [1.54, 1.807) is 6.20 Å². The summed E-state index contributed by atoms with van der Waals surface area (Å²) in [7, 11) is 3.45. The normalized spacial score (nSPS) is 14.3. The minimum atomic E-state index is -0.160. The van der Waals surface area contributed by atoms with Crippen molar-refractivity contribution in [1.82, 2.24) is 9.88 Å². The molecule has 1 aromatic rings. The van der Waals surface area contributed by atoms with Crippen LogP contribution < -0.4 is 0 Å². The number of nitrogens with zero attached hydrogens (tertiary/aromatic N) is 2. The van der Waals surface area contributed by atoms with Crippen LogP contribution in [0.1, 0.15) is 19.5 Å². The number of aromatic nitrogens is 1. The van der Waals surface area contributed by atoms with Crippen molar-refractivity contribution in [2.45, 2.75) is 26.3 Å². The third kappa shape index (κ3) is 4.11. The van der Waals surface area contributed by atoms with E-state index in [-0.39, 0.29) is 17.9 Å². The van der Waals surface area contributed by atoms with Gasteiger partial charge in [-0.3, -0.25) is 9.78 Å². The van der Waals surface area contributed by atoms with Crippen LogP contribution in [0.4, 0.5) is 0 Å². The zero-order valence-electron chi connectivity index (χ0n) is 11.6. The molecule has 0 bridgehead atoms. The van der Waals surface area contributed by atoms with E-state index in [9.17, 15) is 4.79 Å². The summed E-state index contributed by atoms with van der Waals surface area (Å²) in [5, 5.41) is 0. The average molecular weight is 250 g/mol. The van der Waals surface area contributed by atoms with E-state index in [0.717, 1.165) is 18.7 Å². The number of carbonyl (C=O) groups excluding carboxylic acids is 1. The number of rotatable bonds is 6. The Kier molecular flexibility index (Phi) is 5.78. The Morgan fingerprint density at radius 2 is 2.17 bits per heavy atom. The summed E-state index contributed by atoms with van der Waals surface area (Å²) in [5.74, 6) is -0.282. The summed E-state index contributed by atoms with van der Waals surface area (Å²) in [6.07, 6.45) is 2.69. The van der Waals surface area contributed by atoms with Crippen LogP contribution >= 0.6 is 0 Å². The highest BCUT2D eigenvalue weighted by atomic mass is 16.5. The first kappa shape index (κ1) is 14.6. The standard InChI is InChI=1S/C14H22N2O2/c1-11(14(17)18-4)12(2)16(3)10-8-13-7-5-6-9-15-13/h5-7,9,11-12H,8,10H2,1-4H3. The van der Waals surface area contributed by atoms with Crippen molar-refractivity contribution in [2.24, 2.45) is 5.92 Å². The summed E-state index contributed by atoms with van der Waals surface area (Å²) >= 11 is 0. The number of likely N-dealkylation sites (N-methyl/N-ethyl adjacent to an activating group) is 1. The lowest BCUT2D eigenvalue weighted by atomic mass is 10.0. The van der Waals surface area contributed by atoms with Gasteiger partial charge in [0.05, 0.1) is 13.0 Å². The van der Waals surface area contributed by atoms with Gasteiger partial charge >= 0.3 is 5.97 Å². The first-order valence-electron chi connectivity index (χ1n) is 6.24. The highest BCUT2D eigenvalue weighted by molar-refractivity contribution is 5.72. The molecule has 4 nitrogen and oxygen atoms in total. The molecule has 2 unspecified atom stereocenters. The number of methoxy groups -OCH3 is 1. The monoisotopic (exact) mass is 250 g/mol. The van der Waals surface area contributed by atoms with Crippen molar-refractivity contribution in [1.29, 1.82) is 0 Å². The zero-order valence-corrected chi connectivity index (χ0v) is 11.6. The Morgan fingerprint density at radius 1 is 1.44 bits per heavy atom. The number of esters is 1. The Morgan fingerprint density at radius 3 is 2.72 bits per heavy atom. The highest BCUT2D eigenvalue weighted by Crippen LogP contribution is 2.11. The first-order chi connectivity index (χ1) is 8.56. The molecule has 0 aliphatic heterocycles. The van der Waals surface area contributed by atoms with Gasteiger partial charge in [0, 0.05) is 30.9 Å². The van der Waals surface area contributed by atoms with Gasteiger partial charge in [0.15, 0.2) is 0 Å². The van der Waals surface area contributed by atoms with Crippen LogP contribution in [0.25, 0.3) is 0 Å². The molecule has 0 aromatic carbocycles. The van der Waals surface area contributed by atoms with Gasteiger partial charge in [0.1, 0.15) is 0 Å². The molecule has 0 saturated carbocycles. The molecule has 18 heavy (non-hydrogen) atoms. The van der Waals surface area contributed by atoms with Crippen LogP contribution in [0.3, 0.4) is 0 Å². The maximum atomic E-state index is 11.5. The quantitative estimate of drug-likeness (QED) is 0.721. The summed E-state index contributed by atoms with van der Waals surface area (Å²) in [4.78, 5) is 17.9. The predicted octanol–water partition coefficient (Wildman–Crippen LogP) is 1.75. The molecule has 0 aliphatic rings. The fraction of sp³-hybridized carbons (Fsp3) is 0.571. The fourth-order valence-electron chi connectivity index (χ4n) is 1.81. The lowest BCUT2D eigenvalue weighted by Crippen LogP contribution is -2.39. The van der Waals surface area contributed by atoms with Gasteiger partial charge < -0.3 is 9.64 Å². The molecule has 0 spiro atoms. The second kappa shape index (κ2) is 7.11. The van der Waals surface area contributed by atoms with Crippen LogP contribution in [-0.2, 0) is 16.0 Å². The van der Waals surface area contributed by atoms with Crippen molar-refractivity contribution < 1.29 is 9.53 Å². The lowest BCUT2D eigenvalue weighted by molar-refractivity contribution is -0.146. The van der Waals surface area contributed by atoms with E-state index in [2.05, 4.69) is 9.88 Å². The molecule has 0 radical (unpaired) electrons. The SMILES string of the molecule is COC(=O)C(C)C(C)N(C)CCc1ccccn1. The van der Waals surface area contributed by atoms with E-state index in [0.29, 0.717) is 0 Å². The van der Waals surface area contributed by atoms with Crippen molar-refractivity contribution in [3.63, 3.8) is 0 Å². The van der Waals surface area contributed by atoms with Crippen LogP contribution in [0.5, 0.6) is 0 Å². The maximum Gasteiger partial charge on any atom is 0.309 e. The van der Waals surface area contributed by atoms with Gasteiger partial charge in [0.25, 0.3) is 0 Å². The fourth-order valence-corrected chi connectivity index (χ4v) is 1.81. The number of hydrogen-bond acceptors (Lipinski definition) is 4. The molecule has 2 atom stereocenters. The van der Waals surface area contributed by atoms with Crippen molar-refractivity contribution in [2.75, 3.05) is 20.7 Å². The van der Waals surface area contributed by atoms with E-state index >= 15 is 0 Å². The number of carbonyl (C=O) groups is 1. The second-order valence-electron chi connectivity index (χ2n) is 4.60. The van der Waals surface area contributed by atoms with Crippen molar-refractivity contribution >= 4 is 5.97 Å². The molecule has 1 heterocycles. The minimum absolute atomic E-state index is 0.122. The molecule has 0 amide bonds. The van der Waals surface area contributed by atoms with Crippen LogP contribution in [0.2, 0.25) is 0 Å². The lowest BCUT2D eigenvalue weighted by Gasteiger charge is -2.28. The summed E-state index contributed by atoms with van der Waals surface area (Å²) < 4.78 is 4.77. The smallest absolute Gasteiger partial charge is 0.309 e. The largest absolute Gasteiger partial charge is 0.469 e. The summed E-state index contributed by atoms with van der Waals surface area (Å²) in [6, 6.07) is 6.07. The average Bonchev–Trinajstić information content (AvgIpc) is 2.43. The third-order valence-electron chi connectivity index (χ3n) is 3.44. The Labute approximate surface area is 109 Å². The highest BCUT2D eigenvalue weighted by Gasteiger charge is 2.23. The summed E-state index contributed by atoms with van der Waals surface area (Å²) in [5.41, 5.74) is 1.07. The molecule has 0 aliphatic carbocycles. The number of hydrogen-bond donors (Lipinski definition) is 0. The van der Waals surface area contributed by atoms with E-state index in [4.69, 9.17) is 4.74 Å². The Bertz CT molecular complexity index is 367. The topological polar surface area (TPSA) is 42.4 Å². The third-order valence-corrected chi connectivity index (χ3v) is 3.44. The summed E-state index contributed by atoms with van der Waals surface area (Å²) in [6.45, 7) is 4.81. The molecule has 1 aromatic heterocycles. The minimum Gasteiger partial charge on any atom is -0.469 e. The van der Waals surface area contributed by atoms with Crippen LogP contribution in [-0.4, -0.2) is 42.6 Å². The van der Waals surface area contributed by atoms with Crippen LogP contribution in [0, 0.1) is 5.92 Å². The molecule has 4 heteroatoms. The number of pyridine rings is 1. The molecule has 0 saturated heterocycles.